The van der Waals surface area contributed by atoms with Crippen LogP contribution in [0.4, 0.5) is 0 Å². The zero-order valence-electron chi connectivity index (χ0n) is 12.2. The van der Waals surface area contributed by atoms with E-state index in [-0.39, 0.29) is 17.6 Å². The summed E-state index contributed by atoms with van der Waals surface area (Å²) in [6.07, 6.45) is 5.28. The Labute approximate surface area is 125 Å². The average molecular weight is 314 g/mol. The third kappa shape index (κ3) is 4.28. The van der Waals surface area contributed by atoms with Crippen LogP contribution < -0.4 is 5.32 Å². The normalized spacial score (nSPS) is 17.8. The Morgan fingerprint density at radius 2 is 2.19 bits per heavy atom. The molecule has 0 unspecified atom stereocenters. The molecule has 1 aromatic rings. The van der Waals surface area contributed by atoms with Gasteiger partial charge in [-0.3, -0.25) is 4.79 Å². The third-order valence-corrected chi connectivity index (χ3v) is 5.68. The summed E-state index contributed by atoms with van der Waals surface area (Å²) in [7, 11) is -3.13. The van der Waals surface area contributed by atoms with Crippen LogP contribution in [-0.4, -0.2) is 54.0 Å². The maximum absolute atomic E-state index is 12.0. The molecule has 1 aliphatic heterocycles. The van der Waals surface area contributed by atoms with Crippen molar-refractivity contribution in [2.75, 3.05) is 25.4 Å². The fourth-order valence-corrected chi connectivity index (χ4v) is 3.59. The first-order valence-electron chi connectivity index (χ1n) is 7.26. The van der Waals surface area contributed by atoms with Gasteiger partial charge in [-0.15, -0.1) is 0 Å². The van der Waals surface area contributed by atoms with Crippen molar-refractivity contribution in [3.05, 3.63) is 18.2 Å². The lowest BCUT2D eigenvalue weighted by Gasteiger charge is -2.30. The van der Waals surface area contributed by atoms with E-state index in [9.17, 15) is 13.2 Å². The van der Waals surface area contributed by atoms with Gasteiger partial charge in [-0.25, -0.2) is 17.7 Å². The Balaban J connectivity index is 1.73. The molecule has 118 valence electrons. The van der Waals surface area contributed by atoms with Crippen molar-refractivity contribution < 1.29 is 13.2 Å². The zero-order valence-corrected chi connectivity index (χ0v) is 13.0. The number of hydrogen-bond acceptors (Lipinski definition) is 4. The molecule has 21 heavy (non-hydrogen) atoms. The number of nitrogens with one attached hydrogen (secondary N) is 2. The van der Waals surface area contributed by atoms with E-state index in [1.54, 1.807) is 19.3 Å². The Morgan fingerprint density at radius 1 is 1.48 bits per heavy atom. The number of H-pyrrole nitrogens is 1. The van der Waals surface area contributed by atoms with Crippen molar-refractivity contribution >= 4 is 15.9 Å². The van der Waals surface area contributed by atoms with Crippen LogP contribution in [0.5, 0.6) is 0 Å². The first kappa shape index (κ1) is 16.0. The van der Waals surface area contributed by atoms with Gasteiger partial charge in [0.1, 0.15) is 5.82 Å². The van der Waals surface area contributed by atoms with Crippen molar-refractivity contribution in [3.63, 3.8) is 0 Å². The Hall–Kier alpha value is -1.41. The quantitative estimate of drug-likeness (QED) is 0.780. The molecule has 8 heteroatoms. The largest absolute Gasteiger partial charge is 0.355 e. The molecule has 1 saturated heterocycles. The van der Waals surface area contributed by atoms with Crippen molar-refractivity contribution in [2.24, 2.45) is 5.92 Å². The van der Waals surface area contributed by atoms with Crippen molar-refractivity contribution in [1.82, 2.24) is 19.6 Å². The smallest absolute Gasteiger partial charge is 0.223 e. The molecule has 0 aromatic carbocycles. The van der Waals surface area contributed by atoms with Gasteiger partial charge < -0.3 is 10.3 Å². The molecule has 0 atom stereocenters. The van der Waals surface area contributed by atoms with E-state index in [0.29, 0.717) is 38.9 Å². The molecule has 1 aromatic heterocycles. The van der Waals surface area contributed by atoms with Crippen LogP contribution in [0.1, 0.15) is 25.6 Å². The molecule has 1 aliphatic rings. The van der Waals surface area contributed by atoms with Gasteiger partial charge in [0, 0.05) is 44.4 Å². The molecule has 2 rings (SSSR count). The highest BCUT2D eigenvalue weighted by molar-refractivity contribution is 7.89. The number of rotatable bonds is 6. The number of hydrogen-bond donors (Lipinski definition) is 2. The number of piperidine rings is 1. The van der Waals surface area contributed by atoms with E-state index in [1.807, 2.05) is 0 Å². The van der Waals surface area contributed by atoms with Gasteiger partial charge in [0.15, 0.2) is 0 Å². The van der Waals surface area contributed by atoms with Gasteiger partial charge in [-0.1, -0.05) is 0 Å². The van der Waals surface area contributed by atoms with Crippen LogP contribution in [0.25, 0.3) is 0 Å². The second kappa shape index (κ2) is 7.04. The molecule has 1 fully saturated rings. The Bertz CT molecular complexity index is 548. The summed E-state index contributed by atoms with van der Waals surface area (Å²) in [5, 5.41) is 2.89. The second-order valence-corrected chi connectivity index (χ2v) is 7.41. The number of carbonyl (C=O) groups is 1. The van der Waals surface area contributed by atoms with Gasteiger partial charge in [0.05, 0.1) is 5.75 Å². The highest BCUT2D eigenvalue weighted by atomic mass is 32.2. The molecule has 0 saturated carbocycles. The summed E-state index contributed by atoms with van der Waals surface area (Å²) in [6, 6.07) is 0. The SMILES string of the molecule is CCS(=O)(=O)N1CCC(C(=O)NCCc2ncc[nH]2)CC1. The lowest BCUT2D eigenvalue weighted by Crippen LogP contribution is -2.43. The molecule has 0 spiro atoms. The number of carbonyl (C=O) groups excluding carboxylic acids is 1. The molecule has 0 bridgehead atoms. The van der Waals surface area contributed by atoms with Crippen LogP contribution in [0, 0.1) is 5.92 Å². The Morgan fingerprint density at radius 3 is 2.76 bits per heavy atom. The van der Waals surface area contributed by atoms with E-state index in [4.69, 9.17) is 0 Å². The maximum Gasteiger partial charge on any atom is 0.223 e. The summed E-state index contributed by atoms with van der Waals surface area (Å²) in [5.74, 6) is 0.881. The second-order valence-electron chi connectivity index (χ2n) is 5.15. The number of aromatic amines is 1. The van der Waals surface area contributed by atoms with Crippen LogP contribution in [-0.2, 0) is 21.2 Å². The molecule has 7 nitrogen and oxygen atoms in total. The van der Waals surface area contributed by atoms with E-state index < -0.39 is 10.0 Å². The highest BCUT2D eigenvalue weighted by Gasteiger charge is 2.29. The number of amides is 1. The fraction of sp³-hybridized carbons (Fsp3) is 0.692. The number of sulfonamides is 1. The van der Waals surface area contributed by atoms with Gasteiger partial charge in [0.2, 0.25) is 15.9 Å². The first-order valence-corrected chi connectivity index (χ1v) is 8.87. The molecule has 2 heterocycles. The van der Waals surface area contributed by atoms with E-state index >= 15 is 0 Å². The summed E-state index contributed by atoms with van der Waals surface area (Å²) in [4.78, 5) is 19.1. The third-order valence-electron chi connectivity index (χ3n) is 3.80. The van der Waals surface area contributed by atoms with Crippen LogP contribution in [0.15, 0.2) is 12.4 Å². The van der Waals surface area contributed by atoms with Gasteiger partial charge in [-0.05, 0) is 19.8 Å². The molecule has 1 amide bonds. The summed E-state index contributed by atoms with van der Waals surface area (Å²) in [6.45, 7) is 3.06. The maximum atomic E-state index is 12.0. The summed E-state index contributed by atoms with van der Waals surface area (Å²) < 4.78 is 25.0. The monoisotopic (exact) mass is 314 g/mol. The van der Waals surface area contributed by atoms with Crippen LogP contribution in [0.3, 0.4) is 0 Å². The van der Waals surface area contributed by atoms with Crippen molar-refractivity contribution in [2.45, 2.75) is 26.2 Å². The first-order chi connectivity index (χ1) is 10.0. The fourth-order valence-electron chi connectivity index (χ4n) is 2.46. The van der Waals surface area contributed by atoms with Gasteiger partial charge in [0.25, 0.3) is 0 Å². The van der Waals surface area contributed by atoms with E-state index in [0.717, 1.165) is 5.82 Å². The molecular weight excluding hydrogens is 292 g/mol. The topological polar surface area (TPSA) is 95.2 Å². The summed E-state index contributed by atoms with van der Waals surface area (Å²) >= 11 is 0. The molecule has 0 radical (unpaired) electrons. The van der Waals surface area contributed by atoms with Gasteiger partial charge in [-0.2, -0.15) is 0 Å². The predicted molar refractivity (Wildman–Crippen MR) is 79.1 cm³/mol. The summed E-state index contributed by atoms with van der Waals surface area (Å²) in [5.41, 5.74) is 0. The minimum Gasteiger partial charge on any atom is -0.355 e. The average Bonchev–Trinajstić information content (AvgIpc) is 3.00. The van der Waals surface area contributed by atoms with Gasteiger partial charge >= 0.3 is 0 Å². The lowest BCUT2D eigenvalue weighted by atomic mass is 9.97. The number of nitrogens with zero attached hydrogens (tertiary/aromatic N) is 2. The minimum atomic E-state index is -3.13. The molecule has 0 aliphatic carbocycles. The van der Waals surface area contributed by atoms with Crippen LogP contribution in [0.2, 0.25) is 0 Å². The minimum absolute atomic E-state index is 0.00935. The van der Waals surface area contributed by atoms with Crippen LogP contribution >= 0.6 is 0 Å². The standard InChI is InChI=1S/C13H22N4O3S/c1-2-21(19,20)17-9-4-11(5-10-17)13(18)16-6-3-12-14-7-8-15-12/h7-8,11H,2-6,9-10H2,1H3,(H,14,15)(H,16,18). The van der Waals surface area contributed by atoms with Crippen molar-refractivity contribution in [3.8, 4) is 0 Å². The van der Waals surface area contributed by atoms with Crippen molar-refractivity contribution in [1.29, 1.82) is 0 Å². The molecular formula is C13H22N4O3S. The zero-order chi connectivity index (χ0) is 15.3. The number of aromatic nitrogens is 2. The Kier molecular flexibility index (Phi) is 5.35. The van der Waals surface area contributed by atoms with E-state index in [1.165, 1.54) is 4.31 Å². The highest BCUT2D eigenvalue weighted by Crippen LogP contribution is 2.19. The predicted octanol–water partition coefficient (Wildman–Crippen LogP) is 0.130. The number of imidazole rings is 1. The molecule has 2 N–H and O–H groups in total. The lowest BCUT2D eigenvalue weighted by molar-refractivity contribution is -0.126. The van der Waals surface area contributed by atoms with E-state index in [2.05, 4.69) is 15.3 Å².